The molecule has 0 aliphatic carbocycles. The second-order valence-corrected chi connectivity index (χ2v) is 10.0. The van der Waals surface area contributed by atoms with Gasteiger partial charge in [-0.05, 0) is 23.8 Å². The maximum Gasteiger partial charge on any atom is 0.490 e. The number of carbonyl (C=O) groups is 2. The fraction of sp³-hybridized carbons (Fsp3) is 0.286. The lowest BCUT2D eigenvalue weighted by atomic mass is 10.1. The van der Waals surface area contributed by atoms with Crippen LogP contribution in [0.25, 0.3) is 16.6 Å². The fourth-order valence-electron chi connectivity index (χ4n) is 3.72. The van der Waals surface area contributed by atoms with Gasteiger partial charge in [-0.25, -0.2) is 17.9 Å². The number of primary amides is 1. The van der Waals surface area contributed by atoms with Crippen molar-refractivity contribution in [3.63, 3.8) is 0 Å². The van der Waals surface area contributed by atoms with Crippen LogP contribution in [-0.2, 0) is 25.9 Å². The standard InChI is InChI=1S/C21H19F3N4O5S/c22-21(23,24)20(30)33-17-11-34(31,32)10-16(17)26-8-12-4-6-14(7-5-12)28-9-13-2-1-3-15(19(25)29)18(13)27-28/h1-7,9,16-17,26H,8,10-11H2,(H2,25,29)/t16-,17-/m1/s1. The van der Waals surface area contributed by atoms with Crippen LogP contribution >= 0.6 is 0 Å². The Morgan fingerprint density at radius 2 is 1.85 bits per heavy atom. The molecule has 1 fully saturated rings. The number of sulfone groups is 1. The van der Waals surface area contributed by atoms with Gasteiger partial charge in [0.15, 0.2) is 9.84 Å². The predicted molar refractivity (Wildman–Crippen MR) is 115 cm³/mol. The van der Waals surface area contributed by atoms with E-state index in [2.05, 4.69) is 15.2 Å². The van der Waals surface area contributed by atoms with E-state index in [1.54, 1.807) is 53.3 Å². The number of rotatable bonds is 6. The number of alkyl halides is 3. The van der Waals surface area contributed by atoms with Crippen LogP contribution in [0.1, 0.15) is 15.9 Å². The highest BCUT2D eigenvalue weighted by molar-refractivity contribution is 7.91. The summed E-state index contributed by atoms with van der Waals surface area (Å²) < 4.78 is 67.3. The van der Waals surface area contributed by atoms with E-state index in [9.17, 15) is 31.2 Å². The molecule has 1 amide bonds. The average Bonchev–Trinajstić information content (AvgIpc) is 3.31. The summed E-state index contributed by atoms with van der Waals surface area (Å²) in [4.78, 5) is 22.7. The average molecular weight is 496 g/mol. The van der Waals surface area contributed by atoms with Crippen LogP contribution in [0.4, 0.5) is 13.2 Å². The van der Waals surface area contributed by atoms with Crippen molar-refractivity contribution in [3.05, 3.63) is 59.8 Å². The Morgan fingerprint density at radius 1 is 1.15 bits per heavy atom. The second-order valence-electron chi connectivity index (χ2n) is 7.85. The molecule has 9 nitrogen and oxygen atoms in total. The summed E-state index contributed by atoms with van der Waals surface area (Å²) >= 11 is 0. The molecule has 13 heteroatoms. The minimum Gasteiger partial charge on any atom is -0.453 e. The van der Waals surface area contributed by atoms with Crippen molar-refractivity contribution >= 4 is 32.6 Å². The lowest BCUT2D eigenvalue weighted by molar-refractivity contribution is -0.204. The molecule has 1 aliphatic heterocycles. The number of nitrogens with one attached hydrogen (secondary N) is 1. The quantitative estimate of drug-likeness (QED) is 0.494. The molecule has 1 aliphatic rings. The monoisotopic (exact) mass is 496 g/mol. The minimum atomic E-state index is -5.21. The van der Waals surface area contributed by atoms with Crippen LogP contribution in [0.3, 0.4) is 0 Å². The molecule has 0 unspecified atom stereocenters. The van der Waals surface area contributed by atoms with Gasteiger partial charge in [-0.15, -0.1) is 0 Å². The number of nitrogens with zero attached hydrogens (tertiary/aromatic N) is 2. The van der Waals surface area contributed by atoms with Gasteiger partial charge in [0.2, 0.25) is 0 Å². The van der Waals surface area contributed by atoms with Crippen molar-refractivity contribution in [1.29, 1.82) is 0 Å². The number of hydrogen-bond donors (Lipinski definition) is 2. The van der Waals surface area contributed by atoms with Crippen LogP contribution in [0.5, 0.6) is 0 Å². The first-order valence-electron chi connectivity index (χ1n) is 10.0. The maximum atomic E-state index is 12.5. The zero-order valence-electron chi connectivity index (χ0n) is 17.4. The fourth-order valence-corrected chi connectivity index (χ4v) is 5.53. The molecule has 1 aromatic heterocycles. The SMILES string of the molecule is NC(=O)c1cccc2cn(-c3ccc(CN[C@@H]4CS(=O)(=O)C[C@H]4OC(=O)C(F)(F)F)cc3)nc12. The molecule has 0 bridgehead atoms. The smallest absolute Gasteiger partial charge is 0.453 e. The molecular formula is C21H19F3N4O5S. The van der Waals surface area contributed by atoms with E-state index in [-0.39, 0.29) is 6.54 Å². The van der Waals surface area contributed by atoms with Gasteiger partial charge < -0.3 is 15.8 Å². The first-order chi connectivity index (χ1) is 15.9. The van der Waals surface area contributed by atoms with Gasteiger partial charge in [-0.1, -0.05) is 24.3 Å². The van der Waals surface area contributed by atoms with E-state index in [4.69, 9.17) is 5.73 Å². The Bertz CT molecular complexity index is 1350. The molecule has 3 aromatic rings. The highest BCUT2D eigenvalue weighted by atomic mass is 32.2. The molecular weight excluding hydrogens is 477 g/mol. The summed E-state index contributed by atoms with van der Waals surface area (Å²) in [6.07, 6.45) is -4.91. The van der Waals surface area contributed by atoms with Gasteiger partial charge in [0.25, 0.3) is 5.91 Å². The summed E-state index contributed by atoms with van der Waals surface area (Å²) in [7, 11) is -3.66. The number of carbonyl (C=O) groups excluding carboxylic acids is 2. The van der Waals surface area contributed by atoms with E-state index in [1.807, 2.05) is 0 Å². The number of fused-ring (bicyclic) bond motifs is 1. The maximum absolute atomic E-state index is 12.5. The number of hydrogen-bond acceptors (Lipinski definition) is 7. The summed E-state index contributed by atoms with van der Waals surface area (Å²) in [5, 5.41) is 8.00. The van der Waals surface area contributed by atoms with Crippen LogP contribution in [0.15, 0.2) is 48.7 Å². The van der Waals surface area contributed by atoms with Crippen molar-refractivity contribution < 1.29 is 35.9 Å². The molecule has 2 aromatic carbocycles. The highest BCUT2D eigenvalue weighted by Crippen LogP contribution is 2.23. The van der Waals surface area contributed by atoms with Crippen LogP contribution < -0.4 is 11.1 Å². The zero-order valence-corrected chi connectivity index (χ0v) is 18.3. The summed E-state index contributed by atoms with van der Waals surface area (Å²) in [5.74, 6) is -4.13. The van der Waals surface area contributed by atoms with Gasteiger partial charge >= 0.3 is 12.1 Å². The Morgan fingerprint density at radius 3 is 2.50 bits per heavy atom. The van der Waals surface area contributed by atoms with Gasteiger partial charge in [-0.3, -0.25) is 4.79 Å². The third-order valence-corrected chi connectivity index (χ3v) is 7.06. The highest BCUT2D eigenvalue weighted by Gasteiger charge is 2.47. The molecule has 3 N–H and O–H groups in total. The van der Waals surface area contributed by atoms with Gasteiger partial charge in [0, 0.05) is 18.1 Å². The Balaban J connectivity index is 1.45. The van der Waals surface area contributed by atoms with Gasteiger partial charge in [-0.2, -0.15) is 18.3 Å². The van der Waals surface area contributed by atoms with Crippen molar-refractivity contribution in [2.75, 3.05) is 11.5 Å². The number of aromatic nitrogens is 2. The number of halogens is 3. The van der Waals surface area contributed by atoms with Crippen molar-refractivity contribution in [1.82, 2.24) is 15.1 Å². The van der Waals surface area contributed by atoms with Crippen LogP contribution in [-0.4, -0.2) is 59.9 Å². The lowest BCUT2D eigenvalue weighted by Crippen LogP contribution is -2.43. The van der Waals surface area contributed by atoms with Gasteiger partial charge in [0.05, 0.1) is 28.8 Å². The van der Waals surface area contributed by atoms with Crippen LogP contribution in [0.2, 0.25) is 0 Å². The van der Waals surface area contributed by atoms with Crippen molar-refractivity contribution in [3.8, 4) is 5.69 Å². The third kappa shape index (κ3) is 5.04. The Hall–Kier alpha value is -3.45. The molecule has 1 saturated heterocycles. The Labute approximate surface area is 191 Å². The third-order valence-electron chi connectivity index (χ3n) is 5.36. The normalized spacial score (nSPS) is 19.9. The largest absolute Gasteiger partial charge is 0.490 e. The molecule has 4 rings (SSSR count). The Kier molecular flexibility index (Phi) is 6.08. The zero-order chi connectivity index (χ0) is 24.7. The molecule has 34 heavy (non-hydrogen) atoms. The predicted octanol–water partition coefficient (Wildman–Crippen LogP) is 1.49. The first kappa shape index (κ1) is 23.7. The number of nitrogens with two attached hydrogens (primary N) is 1. The van der Waals surface area contributed by atoms with E-state index in [0.717, 1.165) is 5.39 Å². The summed E-state index contributed by atoms with van der Waals surface area (Å²) in [6, 6.07) is 11.0. The number of amides is 1. The van der Waals surface area contributed by atoms with Crippen molar-refractivity contribution in [2.45, 2.75) is 24.9 Å². The minimum absolute atomic E-state index is 0.132. The summed E-state index contributed by atoms with van der Waals surface area (Å²) in [5.41, 5.74) is 7.54. The number of esters is 1. The molecule has 180 valence electrons. The van der Waals surface area contributed by atoms with E-state index >= 15 is 0 Å². The molecule has 2 heterocycles. The first-order valence-corrected chi connectivity index (χ1v) is 11.8. The second kappa shape index (κ2) is 8.72. The topological polar surface area (TPSA) is 133 Å². The molecule has 2 atom stereocenters. The lowest BCUT2D eigenvalue weighted by Gasteiger charge is -2.20. The molecule has 0 saturated carbocycles. The van der Waals surface area contributed by atoms with E-state index < -0.39 is 51.5 Å². The van der Waals surface area contributed by atoms with E-state index in [1.165, 1.54) is 0 Å². The van der Waals surface area contributed by atoms with E-state index in [0.29, 0.717) is 22.3 Å². The molecule has 0 spiro atoms. The number of benzene rings is 2. The summed E-state index contributed by atoms with van der Waals surface area (Å²) in [6.45, 7) is 0.132. The van der Waals surface area contributed by atoms with Crippen molar-refractivity contribution in [2.24, 2.45) is 5.73 Å². The molecule has 0 radical (unpaired) electrons. The van der Waals surface area contributed by atoms with Gasteiger partial charge in [0.1, 0.15) is 11.6 Å². The number of ether oxygens (including phenoxy) is 1. The van der Waals surface area contributed by atoms with Crippen LogP contribution in [0, 0.1) is 0 Å².